The zero-order valence-electron chi connectivity index (χ0n) is 13.5. The molecule has 0 aliphatic rings. The molecule has 4 N–H and O–H groups in total. The fourth-order valence-electron chi connectivity index (χ4n) is 2.00. The normalized spacial score (nSPS) is 14.2. The molecule has 0 radical (unpaired) electrons. The Balaban J connectivity index is 2.55. The van der Waals surface area contributed by atoms with Crippen molar-refractivity contribution in [3.05, 3.63) is 34.3 Å². The summed E-state index contributed by atoms with van der Waals surface area (Å²) >= 11 is 5.83. The third-order valence-electron chi connectivity index (χ3n) is 3.07. The molecule has 1 rings (SSSR count). The Morgan fingerprint density at radius 3 is 2.57 bits per heavy atom. The van der Waals surface area contributed by atoms with Crippen LogP contribution in [0.2, 0.25) is 5.02 Å². The Labute approximate surface area is 141 Å². The number of rotatable bonds is 6. The fraction of sp³-hybridized carbons (Fsp3) is 0.562. The van der Waals surface area contributed by atoms with E-state index in [1.807, 2.05) is 0 Å². The van der Waals surface area contributed by atoms with Gasteiger partial charge in [0.25, 0.3) is 0 Å². The number of nitrogens with one attached hydrogen (secondary N) is 1. The minimum absolute atomic E-state index is 0.133. The molecule has 0 heterocycles. The second-order valence-corrected chi connectivity index (χ2v) is 6.67. The summed E-state index contributed by atoms with van der Waals surface area (Å²) in [5, 5.41) is 32.5. The van der Waals surface area contributed by atoms with Crippen molar-refractivity contribution in [1.82, 2.24) is 5.32 Å². The molecule has 130 valence electrons. The van der Waals surface area contributed by atoms with Crippen molar-refractivity contribution in [2.45, 2.75) is 51.6 Å². The summed E-state index contributed by atoms with van der Waals surface area (Å²) in [5.74, 6) is 0. The topological polar surface area (TPSA) is 99.0 Å². The number of carbonyl (C=O) groups excluding carboxylic acids is 1. The van der Waals surface area contributed by atoms with Gasteiger partial charge in [0.2, 0.25) is 0 Å². The van der Waals surface area contributed by atoms with Crippen molar-refractivity contribution in [3.8, 4) is 0 Å². The van der Waals surface area contributed by atoms with Gasteiger partial charge in [-0.3, -0.25) is 0 Å². The summed E-state index contributed by atoms with van der Waals surface area (Å²) in [6.07, 6.45) is -2.73. The lowest BCUT2D eigenvalue weighted by atomic mass is 9.97. The van der Waals surface area contributed by atoms with E-state index < -0.39 is 23.9 Å². The van der Waals surface area contributed by atoms with Crippen LogP contribution in [0.3, 0.4) is 0 Å². The Morgan fingerprint density at radius 1 is 1.35 bits per heavy atom. The number of carbonyl (C=O) groups is 1. The van der Waals surface area contributed by atoms with E-state index >= 15 is 0 Å². The summed E-state index contributed by atoms with van der Waals surface area (Å²) < 4.78 is 5.07. The van der Waals surface area contributed by atoms with Gasteiger partial charge in [-0.2, -0.15) is 0 Å². The molecule has 1 aromatic rings. The number of halogens is 1. The predicted octanol–water partition coefficient (Wildman–Crippen LogP) is 2.14. The highest BCUT2D eigenvalue weighted by Crippen LogP contribution is 2.25. The monoisotopic (exact) mass is 345 g/mol. The van der Waals surface area contributed by atoms with Gasteiger partial charge in [-0.1, -0.05) is 17.7 Å². The van der Waals surface area contributed by atoms with Crippen molar-refractivity contribution >= 4 is 17.7 Å². The predicted molar refractivity (Wildman–Crippen MR) is 87.2 cm³/mol. The molecular weight excluding hydrogens is 322 g/mol. The number of ether oxygens (including phenoxy) is 1. The number of alkyl carbamates (subject to hydrolysis) is 1. The molecule has 2 atom stereocenters. The van der Waals surface area contributed by atoms with E-state index in [-0.39, 0.29) is 19.6 Å². The van der Waals surface area contributed by atoms with Gasteiger partial charge in [0, 0.05) is 11.6 Å². The minimum atomic E-state index is -1.19. The first-order chi connectivity index (χ1) is 10.6. The largest absolute Gasteiger partial charge is 0.444 e. The smallest absolute Gasteiger partial charge is 0.407 e. The molecule has 1 amide bonds. The maximum Gasteiger partial charge on any atom is 0.407 e. The molecule has 6 nitrogen and oxygen atoms in total. The van der Waals surface area contributed by atoms with Gasteiger partial charge in [-0.05, 0) is 50.5 Å². The number of hydrogen-bond acceptors (Lipinski definition) is 5. The van der Waals surface area contributed by atoms with E-state index in [4.69, 9.17) is 16.3 Å². The summed E-state index contributed by atoms with van der Waals surface area (Å²) in [4.78, 5) is 11.5. The number of aliphatic hydroxyl groups is 3. The van der Waals surface area contributed by atoms with Crippen molar-refractivity contribution in [3.63, 3.8) is 0 Å². The third kappa shape index (κ3) is 6.74. The van der Waals surface area contributed by atoms with Crippen molar-refractivity contribution in [2.24, 2.45) is 0 Å². The molecule has 0 saturated heterocycles. The van der Waals surface area contributed by atoms with Crippen molar-refractivity contribution < 1.29 is 24.9 Å². The third-order valence-corrected chi connectivity index (χ3v) is 3.30. The van der Waals surface area contributed by atoms with Crippen molar-refractivity contribution in [2.75, 3.05) is 6.54 Å². The molecular formula is C16H24ClNO5. The molecule has 0 saturated carbocycles. The molecule has 0 bridgehead atoms. The summed E-state index contributed by atoms with van der Waals surface area (Å²) in [7, 11) is 0. The van der Waals surface area contributed by atoms with Gasteiger partial charge in [0.05, 0.1) is 12.7 Å². The first kappa shape index (κ1) is 19.7. The maximum absolute atomic E-state index is 11.5. The maximum atomic E-state index is 11.5. The highest BCUT2D eigenvalue weighted by Gasteiger charge is 2.22. The molecule has 0 fully saturated rings. The summed E-state index contributed by atoms with van der Waals surface area (Å²) in [6, 6.07) is 4.67. The van der Waals surface area contributed by atoms with Crippen LogP contribution < -0.4 is 5.32 Å². The lowest BCUT2D eigenvalue weighted by Gasteiger charge is -2.22. The Bertz CT molecular complexity index is 530. The number of amides is 1. The molecule has 0 aliphatic carbocycles. The van der Waals surface area contributed by atoms with Gasteiger partial charge in [-0.15, -0.1) is 0 Å². The minimum Gasteiger partial charge on any atom is -0.444 e. The Morgan fingerprint density at radius 2 is 2.00 bits per heavy atom. The first-order valence-electron chi connectivity index (χ1n) is 7.36. The van der Waals surface area contributed by atoms with Crippen LogP contribution >= 0.6 is 11.6 Å². The molecule has 0 aromatic heterocycles. The van der Waals surface area contributed by atoms with Crippen LogP contribution in [-0.2, 0) is 11.3 Å². The zero-order chi connectivity index (χ0) is 17.6. The van der Waals surface area contributed by atoms with Gasteiger partial charge in [0.15, 0.2) is 0 Å². The average molecular weight is 346 g/mol. The second kappa shape index (κ2) is 8.49. The Kier molecular flexibility index (Phi) is 7.28. The van der Waals surface area contributed by atoms with Crippen LogP contribution in [0.5, 0.6) is 0 Å². The van der Waals surface area contributed by atoms with Gasteiger partial charge >= 0.3 is 6.09 Å². The Hall–Kier alpha value is -1.34. The highest BCUT2D eigenvalue weighted by atomic mass is 35.5. The van der Waals surface area contributed by atoms with Gasteiger partial charge in [-0.25, -0.2) is 4.79 Å². The van der Waals surface area contributed by atoms with Crippen LogP contribution in [0.1, 0.15) is 44.4 Å². The average Bonchev–Trinajstić information content (AvgIpc) is 2.44. The quantitative estimate of drug-likeness (QED) is 0.633. The number of aliphatic hydroxyl groups excluding tert-OH is 3. The fourth-order valence-corrected chi connectivity index (χ4v) is 2.20. The molecule has 2 unspecified atom stereocenters. The second-order valence-electron chi connectivity index (χ2n) is 6.23. The van der Waals surface area contributed by atoms with Crippen LogP contribution in [0.4, 0.5) is 4.79 Å². The van der Waals surface area contributed by atoms with Crippen LogP contribution in [0, 0.1) is 0 Å². The molecule has 7 heteroatoms. The SMILES string of the molecule is CC(C)(C)OC(=O)NCCC(O)C(O)c1ccc(Cl)cc1CO. The van der Waals surface area contributed by atoms with Crippen LogP contribution in [0.15, 0.2) is 18.2 Å². The van der Waals surface area contributed by atoms with E-state index in [9.17, 15) is 20.1 Å². The summed E-state index contributed by atoms with van der Waals surface area (Å²) in [5.41, 5.74) is 0.257. The highest BCUT2D eigenvalue weighted by molar-refractivity contribution is 6.30. The van der Waals surface area contributed by atoms with Crippen LogP contribution in [0.25, 0.3) is 0 Å². The molecule has 0 spiro atoms. The lowest BCUT2D eigenvalue weighted by molar-refractivity contribution is 0.0113. The molecule has 0 aliphatic heterocycles. The number of hydrogen-bond donors (Lipinski definition) is 4. The van der Waals surface area contributed by atoms with E-state index in [0.29, 0.717) is 16.1 Å². The van der Waals surface area contributed by atoms with Gasteiger partial charge < -0.3 is 25.4 Å². The standard InChI is InChI=1S/C16H24ClNO5/c1-16(2,3)23-15(22)18-7-6-13(20)14(21)12-5-4-11(17)8-10(12)9-19/h4-5,8,13-14,19-21H,6-7,9H2,1-3H3,(H,18,22). The summed E-state index contributed by atoms with van der Waals surface area (Å²) in [6.45, 7) is 5.11. The van der Waals surface area contributed by atoms with Crippen LogP contribution in [-0.4, -0.2) is 39.7 Å². The van der Waals surface area contributed by atoms with E-state index in [1.54, 1.807) is 32.9 Å². The zero-order valence-corrected chi connectivity index (χ0v) is 14.3. The molecule has 23 heavy (non-hydrogen) atoms. The number of benzene rings is 1. The first-order valence-corrected chi connectivity index (χ1v) is 7.74. The van der Waals surface area contributed by atoms with Gasteiger partial charge in [0.1, 0.15) is 11.7 Å². The molecule has 1 aromatic carbocycles. The van der Waals surface area contributed by atoms with E-state index in [1.165, 1.54) is 6.07 Å². The lowest BCUT2D eigenvalue weighted by Crippen LogP contribution is -2.34. The van der Waals surface area contributed by atoms with E-state index in [2.05, 4.69) is 5.32 Å². The van der Waals surface area contributed by atoms with Crippen molar-refractivity contribution in [1.29, 1.82) is 0 Å². The van der Waals surface area contributed by atoms with E-state index in [0.717, 1.165) is 0 Å².